The first-order chi connectivity index (χ1) is 13.3. The molecule has 0 atom stereocenters. The van der Waals surface area contributed by atoms with Crippen molar-refractivity contribution >= 4 is 17.4 Å². The number of alkyl halides is 3. The van der Waals surface area contributed by atoms with Crippen LogP contribution in [0.25, 0.3) is 0 Å². The molecule has 0 bridgehead atoms. The summed E-state index contributed by atoms with van der Waals surface area (Å²) < 4.78 is 53.6. The summed E-state index contributed by atoms with van der Waals surface area (Å²) in [7, 11) is 0. The lowest BCUT2D eigenvalue weighted by molar-refractivity contribution is -0.137. The van der Waals surface area contributed by atoms with Crippen LogP contribution in [0.5, 0.6) is 0 Å². The SMILES string of the molecule is O=C(NCc1ccccc1)c1cnc(Nc2cccc(F)c2)cc1C(F)(F)F. The molecule has 0 aliphatic rings. The van der Waals surface area contributed by atoms with Gasteiger partial charge in [-0.05, 0) is 29.8 Å². The molecule has 1 amide bonds. The smallest absolute Gasteiger partial charge is 0.348 e. The summed E-state index contributed by atoms with van der Waals surface area (Å²) in [6.45, 7) is 0.0836. The van der Waals surface area contributed by atoms with E-state index in [2.05, 4.69) is 15.6 Å². The van der Waals surface area contributed by atoms with Gasteiger partial charge in [0.25, 0.3) is 5.91 Å². The number of pyridine rings is 1. The van der Waals surface area contributed by atoms with Crippen LogP contribution in [0.1, 0.15) is 21.5 Å². The van der Waals surface area contributed by atoms with E-state index in [9.17, 15) is 22.4 Å². The van der Waals surface area contributed by atoms with E-state index in [4.69, 9.17) is 0 Å². The number of aromatic nitrogens is 1. The molecule has 0 radical (unpaired) electrons. The Kier molecular flexibility index (Phi) is 5.58. The van der Waals surface area contributed by atoms with Crippen molar-refractivity contribution in [2.75, 3.05) is 5.32 Å². The first-order valence-corrected chi connectivity index (χ1v) is 8.25. The topological polar surface area (TPSA) is 54.0 Å². The fourth-order valence-corrected chi connectivity index (χ4v) is 2.53. The van der Waals surface area contributed by atoms with Gasteiger partial charge < -0.3 is 10.6 Å². The molecule has 0 saturated heterocycles. The molecule has 0 aliphatic heterocycles. The van der Waals surface area contributed by atoms with Gasteiger partial charge in [0.15, 0.2) is 0 Å². The summed E-state index contributed by atoms with van der Waals surface area (Å²) in [6, 6.07) is 14.8. The second kappa shape index (κ2) is 8.08. The van der Waals surface area contributed by atoms with Gasteiger partial charge in [0, 0.05) is 18.4 Å². The van der Waals surface area contributed by atoms with E-state index in [0.717, 1.165) is 23.9 Å². The third-order valence-corrected chi connectivity index (χ3v) is 3.85. The molecular formula is C20H15F4N3O. The number of carbonyl (C=O) groups is 1. The zero-order chi connectivity index (χ0) is 20.1. The van der Waals surface area contributed by atoms with Crippen molar-refractivity contribution in [3.05, 3.63) is 89.4 Å². The lowest BCUT2D eigenvalue weighted by atomic mass is 10.1. The largest absolute Gasteiger partial charge is 0.417 e. The number of anilines is 2. The van der Waals surface area contributed by atoms with Crippen LogP contribution >= 0.6 is 0 Å². The highest BCUT2D eigenvalue weighted by atomic mass is 19.4. The predicted octanol–water partition coefficient (Wildman–Crippen LogP) is 4.91. The van der Waals surface area contributed by atoms with Gasteiger partial charge in [-0.3, -0.25) is 4.79 Å². The lowest BCUT2D eigenvalue weighted by Gasteiger charge is -2.15. The number of nitrogens with one attached hydrogen (secondary N) is 2. The number of carbonyl (C=O) groups excluding carboxylic acids is 1. The molecule has 3 rings (SSSR count). The van der Waals surface area contributed by atoms with E-state index in [1.54, 1.807) is 30.3 Å². The van der Waals surface area contributed by atoms with Gasteiger partial charge in [-0.2, -0.15) is 13.2 Å². The number of amides is 1. The standard InChI is InChI=1S/C20H15F4N3O/c21-14-7-4-8-15(9-14)27-18-10-17(20(22,23)24)16(12-25-18)19(28)26-11-13-5-2-1-3-6-13/h1-10,12H,11H2,(H,25,27)(H,26,28). The van der Waals surface area contributed by atoms with Gasteiger partial charge in [-0.25, -0.2) is 9.37 Å². The average molecular weight is 389 g/mol. The Bertz CT molecular complexity index is 975. The Hall–Kier alpha value is -3.42. The summed E-state index contributed by atoms with van der Waals surface area (Å²) in [5, 5.41) is 5.05. The van der Waals surface area contributed by atoms with Crippen molar-refractivity contribution in [3.8, 4) is 0 Å². The lowest BCUT2D eigenvalue weighted by Crippen LogP contribution is -2.26. The van der Waals surface area contributed by atoms with E-state index < -0.39 is 29.0 Å². The number of hydrogen-bond acceptors (Lipinski definition) is 3. The van der Waals surface area contributed by atoms with Crippen molar-refractivity contribution in [1.29, 1.82) is 0 Å². The fraction of sp³-hybridized carbons (Fsp3) is 0.100. The van der Waals surface area contributed by atoms with E-state index in [1.165, 1.54) is 18.2 Å². The highest BCUT2D eigenvalue weighted by Gasteiger charge is 2.36. The summed E-state index contributed by atoms with van der Waals surface area (Å²) in [6.07, 6.45) is -3.91. The first-order valence-electron chi connectivity index (χ1n) is 8.25. The fourth-order valence-electron chi connectivity index (χ4n) is 2.53. The van der Waals surface area contributed by atoms with Crippen molar-refractivity contribution < 1.29 is 22.4 Å². The third kappa shape index (κ3) is 4.85. The van der Waals surface area contributed by atoms with Gasteiger partial charge in [0.1, 0.15) is 11.6 Å². The molecule has 0 unspecified atom stereocenters. The van der Waals surface area contributed by atoms with Crippen molar-refractivity contribution in [2.24, 2.45) is 0 Å². The van der Waals surface area contributed by atoms with Crippen LogP contribution in [-0.4, -0.2) is 10.9 Å². The number of halogens is 4. The van der Waals surface area contributed by atoms with Crippen LogP contribution in [-0.2, 0) is 12.7 Å². The minimum absolute atomic E-state index is 0.0836. The van der Waals surface area contributed by atoms with E-state index in [1.807, 2.05) is 0 Å². The summed E-state index contributed by atoms with van der Waals surface area (Å²) in [5.74, 6) is -1.59. The molecule has 0 spiro atoms. The van der Waals surface area contributed by atoms with Crippen molar-refractivity contribution in [2.45, 2.75) is 12.7 Å². The monoisotopic (exact) mass is 389 g/mol. The second-order valence-corrected chi connectivity index (χ2v) is 5.92. The molecule has 0 fully saturated rings. The summed E-state index contributed by atoms with van der Waals surface area (Å²) in [5.41, 5.74) is -0.733. The van der Waals surface area contributed by atoms with Gasteiger partial charge in [-0.15, -0.1) is 0 Å². The molecular weight excluding hydrogens is 374 g/mol. The highest BCUT2D eigenvalue weighted by molar-refractivity contribution is 5.95. The highest BCUT2D eigenvalue weighted by Crippen LogP contribution is 2.33. The minimum atomic E-state index is -4.76. The third-order valence-electron chi connectivity index (χ3n) is 3.85. The number of rotatable bonds is 5. The molecule has 1 heterocycles. The Morgan fingerprint density at radius 3 is 2.43 bits per heavy atom. The number of benzene rings is 2. The van der Waals surface area contributed by atoms with Crippen molar-refractivity contribution in [1.82, 2.24) is 10.3 Å². The maximum absolute atomic E-state index is 13.5. The molecule has 4 nitrogen and oxygen atoms in total. The number of hydrogen-bond donors (Lipinski definition) is 2. The van der Waals surface area contributed by atoms with E-state index in [-0.39, 0.29) is 18.1 Å². The zero-order valence-electron chi connectivity index (χ0n) is 14.4. The molecule has 144 valence electrons. The summed E-state index contributed by atoms with van der Waals surface area (Å²) in [4.78, 5) is 16.1. The van der Waals surface area contributed by atoms with Crippen LogP contribution in [0, 0.1) is 5.82 Å². The van der Waals surface area contributed by atoms with Crippen molar-refractivity contribution in [3.63, 3.8) is 0 Å². The Morgan fingerprint density at radius 1 is 1.00 bits per heavy atom. The van der Waals surface area contributed by atoms with E-state index in [0.29, 0.717) is 0 Å². The molecule has 8 heteroatoms. The van der Waals surface area contributed by atoms with Gasteiger partial charge >= 0.3 is 6.18 Å². The van der Waals surface area contributed by atoms with Crippen LogP contribution < -0.4 is 10.6 Å². The molecule has 3 aromatic rings. The van der Waals surface area contributed by atoms with Crippen LogP contribution in [0.4, 0.5) is 29.1 Å². The number of nitrogens with zero attached hydrogens (tertiary/aromatic N) is 1. The Labute approximate surface area is 158 Å². The van der Waals surface area contributed by atoms with Gasteiger partial charge in [0.05, 0.1) is 11.1 Å². The van der Waals surface area contributed by atoms with Crippen LogP contribution in [0.2, 0.25) is 0 Å². The maximum Gasteiger partial charge on any atom is 0.417 e. The average Bonchev–Trinajstić information content (AvgIpc) is 2.66. The zero-order valence-corrected chi connectivity index (χ0v) is 14.4. The normalized spacial score (nSPS) is 11.1. The molecule has 1 aromatic heterocycles. The van der Waals surface area contributed by atoms with Crippen LogP contribution in [0.15, 0.2) is 66.9 Å². The Morgan fingerprint density at radius 2 is 1.75 bits per heavy atom. The first kappa shape index (κ1) is 19.3. The summed E-state index contributed by atoms with van der Waals surface area (Å²) >= 11 is 0. The maximum atomic E-state index is 13.5. The molecule has 2 aromatic carbocycles. The quantitative estimate of drug-likeness (QED) is 0.610. The second-order valence-electron chi connectivity index (χ2n) is 5.92. The predicted molar refractivity (Wildman–Crippen MR) is 96.5 cm³/mol. The molecule has 0 aliphatic carbocycles. The Balaban J connectivity index is 1.83. The van der Waals surface area contributed by atoms with Gasteiger partial charge in [-0.1, -0.05) is 36.4 Å². The molecule has 0 saturated carbocycles. The minimum Gasteiger partial charge on any atom is -0.348 e. The van der Waals surface area contributed by atoms with Gasteiger partial charge in [0.2, 0.25) is 0 Å². The molecule has 2 N–H and O–H groups in total. The van der Waals surface area contributed by atoms with Crippen LogP contribution in [0.3, 0.4) is 0 Å². The molecule has 28 heavy (non-hydrogen) atoms. The van der Waals surface area contributed by atoms with E-state index >= 15 is 0 Å².